The maximum atomic E-state index is 14.6. The van der Waals surface area contributed by atoms with Gasteiger partial charge in [-0.05, 0) is 84.0 Å². The molecule has 0 fully saturated rings. The van der Waals surface area contributed by atoms with Crippen molar-refractivity contribution in [2.45, 2.75) is 45.4 Å². The largest absolute Gasteiger partial charge is 0.490 e. The van der Waals surface area contributed by atoms with Gasteiger partial charge in [-0.25, -0.2) is 4.39 Å². The Kier molecular flexibility index (Phi) is 7.67. The minimum absolute atomic E-state index is 0.165. The van der Waals surface area contributed by atoms with Crippen LogP contribution in [0.5, 0.6) is 5.75 Å². The van der Waals surface area contributed by atoms with Crippen molar-refractivity contribution in [2.75, 3.05) is 6.61 Å². The Balaban J connectivity index is 1.45. The van der Waals surface area contributed by atoms with Gasteiger partial charge >= 0.3 is 0 Å². The first-order valence-corrected chi connectivity index (χ1v) is 12.1. The normalized spacial score (nSPS) is 16.1. The molecule has 0 aliphatic heterocycles. The third-order valence-corrected chi connectivity index (χ3v) is 6.62. The van der Waals surface area contributed by atoms with Crippen molar-refractivity contribution in [3.63, 3.8) is 0 Å². The van der Waals surface area contributed by atoms with Crippen LogP contribution < -0.4 is 4.74 Å². The molecule has 3 heteroatoms. The highest BCUT2D eigenvalue weighted by Crippen LogP contribution is 2.40. The molecule has 0 aromatic heterocycles. The number of hydrogen-bond donors (Lipinski definition) is 0. The zero-order chi connectivity index (χ0) is 23.2. The van der Waals surface area contributed by atoms with E-state index in [0.29, 0.717) is 12.5 Å². The number of benzene rings is 3. The Morgan fingerprint density at radius 1 is 1.00 bits per heavy atom. The van der Waals surface area contributed by atoms with E-state index in [0.717, 1.165) is 36.8 Å². The van der Waals surface area contributed by atoms with Gasteiger partial charge in [-0.2, -0.15) is 0 Å². The van der Waals surface area contributed by atoms with E-state index < -0.39 is 5.82 Å². The predicted octanol–water partition coefficient (Wildman–Crippen LogP) is 9.32. The Labute approximate surface area is 201 Å². The van der Waals surface area contributed by atoms with Gasteiger partial charge in [-0.1, -0.05) is 85.3 Å². The van der Waals surface area contributed by atoms with E-state index in [1.807, 2.05) is 19.9 Å². The van der Waals surface area contributed by atoms with Gasteiger partial charge in [0.25, 0.3) is 0 Å². The minimum Gasteiger partial charge on any atom is -0.490 e. The Hall–Kier alpha value is -2.84. The molecule has 0 saturated carbocycles. The molecule has 0 heterocycles. The third-order valence-electron chi connectivity index (χ3n) is 6.25. The van der Waals surface area contributed by atoms with Gasteiger partial charge in [0.2, 0.25) is 0 Å². The highest BCUT2D eigenvalue weighted by molar-refractivity contribution is 6.32. The summed E-state index contributed by atoms with van der Waals surface area (Å²) in [6, 6.07) is 21.1. The highest BCUT2D eigenvalue weighted by Gasteiger charge is 2.21. The molecule has 170 valence electrons. The molecule has 33 heavy (non-hydrogen) atoms. The molecular weight excluding hydrogens is 431 g/mol. The summed E-state index contributed by atoms with van der Waals surface area (Å²) in [7, 11) is 0. The highest BCUT2D eigenvalue weighted by atomic mass is 35.5. The van der Waals surface area contributed by atoms with Crippen LogP contribution in [0.2, 0.25) is 5.02 Å². The lowest BCUT2D eigenvalue weighted by Crippen LogP contribution is -2.05. The van der Waals surface area contributed by atoms with Crippen LogP contribution >= 0.6 is 11.6 Å². The van der Waals surface area contributed by atoms with E-state index >= 15 is 0 Å². The minimum atomic E-state index is -0.458. The van der Waals surface area contributed by atoms with Crippen molar-refractivity contribution in [3.05, 3.63) is 100 Å². The van der Waals surface area contributed by atoms with E-state index in [9.17, 15) is 4.39 Å². The first-order valence-electron chi connectivity index (χ1n) is 11.7. The second-order valence-electron chi connectivity index (χ2n) is 8.53. The summed E-state index contributed by atoms with van der Waals surface area (Å²) in [6.07, 6.45) is 10.0. The topological polar surface area (TPSA) is 9.23 Å². The number of rotatable bonds is 7. The second kappa shape index (κ2) is 10.9. The summed E-state index contributed by atoms with van der Waals surface area (Å²) in [5.41, 5.74) is 6.92. The molecule has 0 bridgehead atoms. The molecule has 0 amide bonds. The van der Waals surface area contributed by atoms with Gasteiger partial charge in [0.05, 0.1) is 11.6 Å². The van der Waals surface area contributed by atoms with Gasteiger partial charge < -0.3 is 4.74 Å². The number of halogens is 2. The van der Waals surface area contributed by atoms with Crippen molar-refractivity contribution in [1.82, 2.24) is 0 Å². The van der Waals surface area contributed by atoms with Crippen molar-refractivity contribution in [2.24, 2.45) is 0 Å². The zero-order valence-corrected chi connectivity index (χ0v) is 20.0. The second-order valence-corrected chi connectivity index (χ2v) is 8.91. The monoisotopic (exact) mass is 460 g/mol. The quantitative estimate of drug-likeness (QED) is 0.341. The lowest BCUT2D eigenvalue weighted by Gasteiger charge is -2.23. The average molecular weight is 461 g/mol. The molecule has 0 radical (unpaired) electrons. The van der Waals surface area contributed by atoms with Gasteiger partial charge in [0.1, 0.15) is 0 Å². The van der Waals surface area contributed by atoms with Gasteiger partial charge in [0.15, 0.2) is 11.6 Å². The Morgan fingerprint density at radius 2 is 1.70 bits per heavy atom. The third kappa shape index (κ3) is 5.39. The Morgan fingerprint density at radius 3 is 2.30 bits per heavy atom. The molecule has 1 aliphatic rings. The number of ether oxygens (including phenoxy) is 1. The van der Waals surface area contributed by atoms with E-state index in [1.165, 1.54) is 22.3 Å². The van der Waals surface area contributed by atoms with Crippen LogP contribution in [-0.2, 0) is 0 Å². The summed E-state index contributed by atoms with van der Waals surface area (Å²) in [4.78, 5) is 0. The summed E-state index contributed by atoms with van der Waals surface area (Å²) in [6.45, 7) is 4.51. The molecule has 1 unspecified atom stereocenters. The first-order chi connectivity index (χ1) is 16.1. The Bertz CT molecular complexity index is 1140. The molecule has 1 aliphatic carbocycles. The van der Waals surface area contributed by atoms with Crippen LogP contribution in [0, 0.1) is 5.82 Å². The first kappa shape index (κ1) is 23.3. The summed E-state index contributed by atoms with van der Waals surface area (Å²) in [5, 5.41) is 0.165. The van der Waals surface area contributed by atoms with Crippen LogP contribution in [0.3, 0.4) is 0 Å². The van der Waals surface area contributed by atoms with E-state index in [2.05, 4.69) is 66.8 Å². The molecule has 1 atom stereocenters. The van der Waals surface area contributed by atoms with Crippen LogP contribution in [0.1, 0.15) is 62.1 Å². The van der Waals surface area contributed by atoms with Gasteiger partial charge in [0, 0.05) is 0 Å². The fraction of sp³-hybridized carbons (Fsp3) is 0.267. The molecule has 0 N–H and O–H groups in total. The van der Waals surface area contributed by atoms with E-state index in [1.54, 1.807) is 6.07 Å². The maximum absolute atomic E-state index is 14.6. The lowest BCUT2D eigenvalue weighted by molar-refractivity contribution is 0.301. The average Bonchev–Trinajstić information content (AvgIpc) is 2.86. The smallest absolute Gasteiger partial charge is 0.184 e. The number of hydrogen-bond acceptors (Lipinski definition) is 1. The molecule has 0 spiro atoms. The van der Waals surface area contributed by atoms with Gasteiger partial charge in [-0.15, -0.1) is 0 Å². The van der Waals surface area contributed by atoms with Crippen LogP contribution in [0.4, 0.5) is 4.39 Å². The SMILES string of the molecule is C/C=C/c1ccc(-c2ccc(C3CC=C(c4ccc(OCCC)c(F)c4Cl)CC3)cc2)cc1. The van der Waals surface area contributed by atoms with Crippen LogP contribution in [0.15, 0.2) is 72.8 Å². The molecule has 3 aromatic carbocycles. The van der Waals surface area contributed by atoms with Crippen molar-refractivity contribution in [3.8, 4) is 16.9 Å². The predicted molar refractivity (Wildman–Crippen MR) is 138 cm³/mol. The fourth-order valence-corrected chi connectivity index (χ4v) is 4.69. The van der Waals surface area contributed by atoms with Crippen LogP contribution in [0.25, 0.3) is 22.8 Å². The van der Waals surface area contributed by atoms with Crippen LogP contribution in [-0.4, -0.2) is 6.61 Å². The standard InChI is InChI=1S/C30H30ClFO/c1-3-5-21-6-8-22(9-7-21)23-10-12-24(13-11-23)25-14-16-26(17-15-25)27-18-19-28(33-20-4-2)30(32)29(27)31/h3,5-13,16,18-19,25H,4,14-15,17,20H2,1-2H3/b5-3+. The lowest BCUT2D eigenvalue weighted by atomic mass is 9.82. The fourth-order valence-electron chi connectivity index (χ4n) is 4.41. The molecule has 1 nitrogen and oxygen atoms in total. The van der Waals surface area contributed by atoms with E-state index in [-0.39, 0.29) is 10.8 Å². The molecular formula is C30H30ClFO. The van der Waals surface area contributed by atoms with Gasteiger partial charge in [-0.3, -0.25) is 0 Å². The number of allylic oxidation sites excluding steroid dienone is 3. The summed E-state index contributed by atoms with van der Waals surface area (Å²) < 4.78 is 20.1. The molecule has 3 aromatic rings. The zero-order valence-electron chi connectivity index (χ0n) is 19.3. The molecule has 0 saturated heterocycles. The van der Waals surface area contributed by atoms with Crippen molar-refractivity contribution >= 4 is 23.3 Å². The molecule has 4 rings (SSSR count). The summed E-state index contributed by atoms with van der Waals surface area (Å²) in [5.74, 6) is 0.243. The van der Waals surface area contributed by atoms with Crippen molar-refractivity contribution in [1.29, 1.82) is 0 Å². The summed E-state index contributed by atoms with van der Waals surface area (Å²) >= 11 is 6.37. The maximum Gasteiger partial charge on any atom is 0.184 e. The van der Waals surface area contributed by atoms with Crippen molar-refractivity contribution < 1.29 is 9.13 Å². The van der Waals surface area contributed by atoms with E-state index in [4.69, 9.17) is 16.3 Å².